The Morgan fingerprint density at radius 1 is 1.21 bits per heavy atom. The van der Waals surface area contributed by atoms with E-state index >= 15 is 0 Å². The molecule has 3 rings (SSSR count). The van der Waals surface area contributed by atoms with Crippen molar-refractivity contribution >= 4 is 27.6 Å². The lowest BCUT2D eigenvalue weighted by molar-refractivity contribution is 0.417. The van der Waals surface area contributed by atoms with E-state index in [1.54, 1.807) is 26.1 Å². The summed E-state index contributed by atoms with van der Waals surface area (Å²) in [5, 5.41) is 14.1. The van der Waals surface area contributed by atoms with Gasteiger partial charge in [-0.2, -0.15) is 4.98 Å². The molecule has 0 saturated carbocycles. The lowest BCUT2D eigenvalue weighted by atomic mass is 10.1. The molecule has 2 aromatic heterocycles. The van der Waals surface area contributed by atoms with E-state index in [0.717, 1.165) is 6.21 Å². The van der Waals surface area contributed by atoms with Gasteiger partial charge in [0.05, 0.1) is 12.8 Å². The average Bonchev–Trinajstić information content (AvgIpc) is 3.13. The molecule has 0 radical (unpaired) electrons. The van der Waals surface area contributed by atoms with Gasteiger partial charge in [0, 0.05) is 25.0 Å². The zero-order valence-corrected chi connectivity index (χ0v) is 16.2. The van der Waals surface area contributed by atoms with Crippen LogP contribution in [0.3, 0.4) is 0 Å². The van der Waals surface area contributed by atoms with Crippen molar-refractivity contribution in [3.8, 4) is 17.3 Å². The van der Waals surface area contributed by atoms with Crippen LogP contribution in [0, 0.1) is 12.3 Å². The quantitative estimate of drug-likeness (QED) is 0.511. The second kappa shape index (κ2) is 7.64. The van der Waals surface area contributed by atoms with Crippen molar-refractivity contribution in [3.05, 3.63) is 41.9 Å². The van der Waals surface area contributed by atoms with Gasteiger partial charge in [-0.05, 0) is 31.2 Å². The van der Waals surface area contributed by atoms with Gasteiger partial charge in [-0.15, -0.1) is 0 Å². The third-order valence-electron chi connectivity index (χ3n) is 3.85. The highest BCUT2D eigenvalue weighted by Crippen LogP contribution is 2.36. The van der Waals surface area contributed by atoms with Crippen molar-refractivity contribution in [1.29, 1.82) is 5.41 Å². The molecular formula is C17H18N6O4S. The van der Waals surface area contributed by atoms with Crippen LogP contribution in [0.4, 0.5) is 11.4 Å². The van der Waals surface area contributed by atoms with Gasteiger partial charge in [0.25, 0.3) is 15.9 Å². The first-order valence-electron chi connectivity index (χ1n) is 8.08. The van der Waals surface area contributed by atoms with Crippen molar-refractivity contribution in [2.45, 2.75) is 11.8 Å². The van der Waals surface area contributed by atoms with Crippen molar-refractivity contribution < 1.29 is 17.7 Å². The molecule has 0 amide bonds. The maximum atomic E-state index is 12.8. The number of hydrogen-bond donors (Lipinski definition) is 3. The van der Waals surface area contributed by atoms with Crippen LogP contribution in [-0.4, -0.2) is 43.9 Å². The number of sulfonamides is 1. The zero-order valence-electron chi connectivity index (χ0n) is 15.3. The molecular weight excluding hydrogens is 384 g/mol. The number of aromatic nitrogens is 3. The minimum absolute atomic E-state index is 0.0585. The summed E-state index contributed by atoms with van der Waals surface area (Å²) >= 11 is 0. The number of benzene rings is 1. The molecule has 0 fully saturated rings. The van der Waals surface area contributed by atoms with Crippen LogP contribution in [0.15, 0.2) is 39.9 Å². The summed E-state index contributed by atoms with van der Waals surface area (Å²) in [6.07, 6.45) is 2.31. The Balaban J connectivity index is 1.97. The number of nitrogens with one attached hydrogen (secondary N) is 3. The van der Waals surface area contributed by atoms with Gasteiger partial charge < -0.3 is 20.0 Å². The van der Waals surface area contributed by atoms with Gasteiger partial charge in [-0.1, -0.05) is 5.16 Å². The minimum atomic E-state index is -3.97. The second-order valence-electron chi connectivity index (χ2n) is 5.63. The number of aryl methyl sites for hydroxylation is 1. The van der Waals surface area contributed by atoms with E-state index in [2.05, 4.69) is 25.2 Å². The highest BCUT2D eigenvalue weighted by Gasteiger charge is 2.21. The van der Waals surface area contributed by atoms with E-state index in [-0.39, 0.29) is 16.5 Å². The largest absolute Gasteiger partial charge is 0.494 e. The topological polar surface area (TPSA) is 143 Å². The molecule has 0 bridgehead atoms. The third-order valence-corrected chi connectivity index (χ3v) is 5.19. The smallest absolute Gasteiger partial charge is 0.276 e. The predicted molar refractivity (Wildman–Crippen MR) is 104 cm³/mol. The Hall–Kier alpha value is -3.47. The number of methoxy groups -OCH3 is 1. The van der Waals surface area contributed by atoms with E-state index in [4.69, 9.17) is 14.7 Å². The fourth-order valence-corrected chi connectivity index (χ4v) is 3.55. The number of ether oxygens (including phenoxy) is 1. The molecule has 28 heavy (non-hydrogen) atoms. The van der Waals surface area contributed by atoms with Gasteiger partial charge in [0.2, 0.25) is 0 Å². The maximum Gasteiger partial charge on any atom is 0.276 e. The Kier molecular flexibility index (Phi) is 5.27. The van der Waals surface area contributed by atoms with Crippen LogP contribution >= 0.6 is 0 Å². The normalized spacial score (nSPS) is 11.1. The summed E-state index contributed by atoms with van der Waals surface area (Å²) in [7, 11) is -0.914. The van der Waals surface area contributed by atoms with Gasteiger partial charge in [-0.3, -0.25) is 4.72 Å². The molecule has 3 N–H and O–H groups in total. The first kappa shape index (κ1) is 19.3. The summed E-state index contributed by atoms with van der Waals surface area (Å²) in [6.45, 7) is 1.67. The van der Waals surface area contributed by atoms with E-state index in [1.807, 2.05) is 0 Å². The molecule has 0 aliphatic rings. The first-order chi connectivity index (χ1) is 13.4. The molecule has 0 unspecified atom stereocenters. The first-order valence-corrected chi connectivity index (χ1v) is 9.56. The molecule has 0 aliphatic carbocycles. The summed E-state index contributed by atoms with van der Waals surface area (Å²) in [6, 6.07) is 6.10. The number of nitrogens with zero attached hydrogens (tertiary/aromatic N) is 3. The van der Waals surface area contributed by atoms with Crippen LogP contribution in [0.25, 0.3) is 11.6 Å². The molecule has 10 nitrogen and oxygen atoms in total. The number of rotatable bonds is 7. The number of pyridine rings is 1. The van der Waals surface area contributed by atoms with Crippen molar-refractivity contribution in [2.75, 3.05) is 24.2 Å². The van der Waals surface area contributed by atoms with Crippen LogP contribution in [0.1, 0.15) is 11.4 Å². The second-order valence-corrected chi connectivity index (χ2v) is 7.32. The lowest BCUT2D eigenvalue weighted by Crippen LogP contribution is -2.16. The lowest BCUT2D eigenvalue weighted by Gasteiger charge is -2.17. The van der Waals surface area contributed by atoms with E-state index in [9.17, 15) is 8.42 Å². The molecule has 0 aliphatic heterocycles. The molecule has 0 saturated heterocycles. The van der Waals surface area contributed by atoms with Crippen molar-refractivity contribution in [2.24, 2.45) is 0 Å². The SMILES string of the molecule is CNc1c(C=N)ccc(OC)c1NS(=O)(=O)c1ccc(-c2nc(C)no2)nc1. The van der Waals surface area contributed by atoms with Crippen LogP contribution < -0.4 is 14.8 Å². The standard InChI is InChI=1S/C17H18N6O4S/c1-10-21-17(27-22-10)13-6-5-12(9-20-13)28(24,25)23-16-14(26-3)7-4-11(8-18)15(16)19-2/h4-9,18-19,23H,1-3H3. The van der Waals surface area contributed by atoms with E-state index in [0.29, 0.717) is 28.5 Å². The minimum Gasteiger partial charge on any atom is -0.494 e. The molecule has 3 aromatic rings. The van der Waals surface area contributed by atoms with E-state index in [1.165, 1.54) is 25.4 Å². The van der Waals surface area contributed by atoms with Crippen LogP contribution in [0.5, 0.6) is 5.75 Å². The highest BCUT2D eigenvalue weighted by molar-refractivity contribution is 7.92. The third kappa shape index (κ3) is 3.64. The summed E-state index contributed by atoms with van der Waals surface area (Å²) in [4.78, 5) is 8.09. The van der Waals surface area contributed by atoms with Crippen LogP contribution in [0.2, 0.25) is 0 Å². The molecule has 2 heterocycles. The Morgan fingerprint density at radius 2 is 2.00 bits per heavy atom. The number of anilines is 2. The average molecular weight is 402 g/mol. The zero-order chi connectivity index (χ0) is 20.3. The van der Waals surface area contributed by atoms with Gasteiger partial charge >= 0.3 is 0 Å². The van der Waals surface area contributed by atoms with Gasteiger partial charge in [0.1, 0.15) is 22.0 Å². The van der Waals surface area contributed by atoms with Gasteiger partial charge in [0.15, 0.2) is 5.82 Å². The highest BCUT2D eigenvalue weighted by atomic mass is 32.2. The Morgan fingerprint density at radius 3 is 2.54 bits per heavy atom. The molecule has 0 spiro atoms. The fourth-order valence-electron chi connectivity index (χ4n) is 2.52. The van der Waals surface area contributed by atoms with Crippen molar-refractivity contribution in [1.82, 2.24) is 15.1 Å². The number of hydrogen-bond acceptors (Lipinski definition) is 9. The van der Waals surface area contributed by atoms with E-state index < -0.39 is 10.0 Å². The summed E-state index contributed by atoms with van der Waals surface area (Å²) in [5.74, 6) is 0.963. The molecule has 0 atom stereocenters. The van der Waals surface area contributed by atoms with Crippen molar-refractivity contribution in [3.63, 3.8) is 0 Å². The maximum absolute atomic E-state index is 12.8. The summed E-state index contributed by atoms with van der Waals surface area (Å²) in [5.41, 5.74) is 1.48. The summed E-state index contributed by atoms with van der Waals surface area (Å²) < 4.78 is 38.5. The molecule has 146 valence electrons. The van der Waals surface area contributed by atoms with Crippen LogP contribution in [-0.2, 0) is 10.0 Å². The Bertz CT molecular complexity index is 1110. The Labute approximate surface area is 161 Å². The predicted octanol–water partition coefficient (Wildman–Crippen LogP) is 2.29. The monoisotopic (exact) mass is 402 g/mol. The molecule has 1 aromatic carbocycles. The fraction of sp³-hybridized carbons (Fsp3) is 0.176. The molecule has 11 heteroatoms. The van der Waals surface area contributed by atoms with Gasteiger partial charge in [-0.25, -0.2) is 13.4 Å².